The summed E-state index contributed by atoms with van der Waals surface area (Å²) in [7, 11) is -9.28. The average Bonchev–Trinajstić information content (AvgIpc) is 1.12. The Kier molecular flexibility index (Phi) is 96.4. The largest absolute Gasteiger partial charge is 2.00 e. The van der Waals surface area contributed by atoms with E-state index < -0.39 is 15.6 Å². The molecule has 17 heteroatoms. The van der Waals surface area contributed by atoms with Gasteiger partial charge in [0.15, 0.2) is 0 Å². The molecule has 0 aliphatic heterocycles. The van der Waals surface area contributed by atoms with Crippen LogP contribution in [-0.4, -0.2) is 51.3 Å². The maximum atomic E-state index is 8.88. The summed E-state index contributed by atoms with van der Waals surface area (Å²) in [6, 6.07) is 0. The maximum Gasteiger partial charge on any atom is 2.00 e. The molecule has 0 aliphatic rings. The van der Waals surface area contributed by atoms with Crippen LogP contribution in [0.4, 0.5) is 0 Å². The van der Waals surface area contributed by atoms with Crippen LogP contribution in [0, 0.1) is 0 Å². The molecule has 0 rings (SSSR count). The third kappa shape index (κ3) is 1640. The minimum Gasteiger partial charge on any atom is -0.412 e. The number of hydrogen-bond acceptors (Lipinski definition) is 2. The smallest absolute Gasteiger partial charge is 0.412 e. The van der Waals surface area contributed by atoms with Crippen molar-refractivity contribution in [2.24, 2.45) is 0 Å². The second-order valence-electron chi connectivity index (χ2n) is 1.03. The van der Waals surface area contributed by atoms with E-state index in [4.69, 9.17) is 38.5 Å². The molecule has 114 valence electrons. The van der Waals surface area contributed by atoms with Crippen molar-refractivity contribution in [1.29, 1.82) is 0 Å². The molecule has 0 unspecified atom stereocenters. The summed E-state index contributed by atoms with van der Waals surface area (Å²) in [5.41, 5.74) is 0. The zero-order chi connectivity index (χ0) is 9.00. The predicted molar refractivity (Wildman–Crippen MR) is 43.0 cm³/mol. The second-order valence-corrected chi connectivity index (χ2v) is 3.08. The topological polar surface area (TPSA) is 282 Å². The van der Waals surface area contributed by atoms with Crippen LogP contribution in [0.5, 0.6) is 0 Å². The van der Waals surface area contributed by atoms with E-state index in [1.807, 2.05) is 0 Å². The third-order valence-electron chi connectivity index (χ3n) is 0. The Morgan fingerprint density at radius 3 is 0.471 bits per heavy atom. The van der Waals surface area contributed by atoms with Crippen LogP contribution in [0.25, 0.3) is 0 Å². The molecule has 0 aromatic rings. The Balaban J connectivity index is -0.00000000762. The molecule has 14 N–H and O–H groups in total. The quantitative estimate of drug-likeness (QED) is 0.157. The Morgan fingerprint density at radius 2 is 0.471 bits per heavy atom. The Morgan fingerprint density at radius 1 is 0.471 bits per heavy atom. The molecule has 0 heterocycles. The van der Waals surface area contributed by atoms with Crippen LogP contribution >= 0.6 is 15.6 Å². The van der Waals surface area contributed by atoms with Crippen molar-refractivity contribution in [3.8, 4) is 0 Å². The molecule has 0 radical (unpaired) electrons. The summed E-state index contributed by atoms with van der Waals surface area (Å²) in [4.78, 5) is 43.1. The summed E-state index contributed by atoms with van der Waals surface area (Å²) in [6.07, 6.45) is 0. The zero-order valence-corrected chi connectivity index (χ0v) is 12.6. The SMILES string of the molecule is O.O.O.O.O=P(O)(O)O.O=P(O)(O)O.[Fe+2].[Fe+2].[Fe+2]. The van der Waals surface area contributed by atoms with Crippen LogP contribution in [0.1, 0.15) is 0 Å². The van der Waals surface area contributed by atoms with E-state index in [2.05, 4.69) is 0 Å². The normalized spacial score (nSPS) is 6.94. The monoisotopic (exact) mass is 436 g/mol. The van der Waals surface area contributed by atoms with Crippen molar-refractivity contribution in [2.75, 3.05) is 0 Å². The van der Waals surface area contributed by atoms with Gasteiger partial charge >= 0.3 is 66.9 Å². The van der Waals surface area contributed by atoms with Gasteiger partial charge in [0, 0.05) is 0 Å². The van der Waals surface area contributed by atoms with Crippen molar-refractivity contribution >= 4 is 15.6 Å². The number of rotatable bonds is 0. The molecule has 0 saturated carbocycles. The zero-order valence-electron chi connectivity index (χ0n) is 7.45. The molecule has 12 nitrogen and oxygen atoms in total. The predicted octanol–water partition coefficient (Wildman–Crippen LogP) is -5.16. The van der Waals surface area contributed by atoms with E-state index in [1.165, 1.54) is 0 Å². The molecule has 0 amide bonds. The van der Waals surface area contributed by atoms with Gasteiger partial charge in [-0.25, -0.2) is 9.13 Å². The van der Waals surface area contributed by atoms with E-state index in [9.17, 15) is 0 Å². The second kappa shape index (κ2) is 26.2. The molecule has 0 spiro atoms. The summed E-state index contributed by atoms with van der Waals surface area (Å²) >= 11 is 0. The van der Waals surface area contributed by atoms with Crippen molar-refractivity contribution in [3.63, 3.8) is 0 Å². The fourth-order valence-electron chi connectivity index (χ4n) is 0. The summed E-state index contributed by atoms with van der Waals surface area (Å²) < 4.78 is 17.8. The van der Waals surface area contributed by atoms with Gasteiger partial charge in [0.2, 0.25) is 0 Å². The first-order valence-corrected chi connectivity index (χ1v) is 4.70. The first-order valence-electron chi connectivity index (χ1n) is 1.57. The Bertz CT molecular complexity index is 132. The van der Waals surface area contributed by atoms with E-state index in [0.29, 0.717) is 0 Å². The van der Waals surface area contributed by atoms with Gasteiger partial charge in [-0.3, -0.25) is 0 Å². The van der Waals surface area contributed by atoms with E-state index in [0.717, 1.165) is 0 Å². The van der Waals surface area contributed by atoms with Gasteiger partial charge < -0.3 is 51.3 Å². The molecule has 0 fully saturated rings. The first kappa shape index (κ1) is 62.5. The minimum atomic E-state index is -4.64. The fourth-order valence-corrected chi connectivity index (χ4v) is 0. The molecule has 0 aromatic heterocycles. The molecule has 0 saturated heterocycles. The van der Waals surface area contributed by atoms with Crippen LogP contribution in [0.15, 0.2) is 0 Å². The molecule has 0 bridgehead atoms. The maximum absolute atomic E-state index is 8.88. The summed E-state index contributed by atoms with van der Waals surface area (Å²) in [6.45, 7) is 0. The molecule has 0 aliphatic carbocycles. The molecule has 17 heavy (non-hydrogen) atoms. The standard InChI is InChI=1S/3Fe.2H3O4P.4H2O/c;;;2*1-5(2,3)4;;;;/h;;;2*(H3,1,2,3,4);4*1H2/q3*+2;;;;;;. The Hall–Kier alpha value is 1.62. The van der Waals surface area contributed by atoms with Gasteiger partial charge in [0.05, 0.1) is 0 Å². The van der Waals surface area contributed by atoms with E-state index >= 15 is 0 Å². The summed E-state index contributed by atoms with van der Waals surface area (Å²) in [5, 5.41) is 0. The molecular weight excluding hydrogens is 421 g/mol. The van der Waals surface area contributed by atoms with Crippen molar-refractivity contribution in [1.82, 2.24) is 0 Å². The number of hydrogen-bond donors (Lipinski definition) is 6. The van der Waals surface area contributed by atoms with Gasteiger partial charge in [0.25, 0.3) is 0 Å². The molecule has 0 atom stereocenters. The van der Waals surface area contributed by atoms with Gasteiger partial charge in [-0.1, -0.05) is 0 Å². The van der Waals surface area contributed by atoms with Gasteiger partial charge in [-0.2, -0.15) is 0 Å². The van der Waals surface area contributed by atoms with E-state index in [-0.39, 0.29) is 73.1 Å². The number of phosphoric acid groups is 2. The fraction of sp³-hybridized carbons (Fsp3) is 0. The minimum absolute atomic E-state index is 0. The summed E-state index contributed by atoms with van der Waals surface area (Å²) in [5.74, 6) is 0. The molecule has 0 aromatic carbocycles. The first-order chi connectivity index (χ1) is 4.00. The van der Waals surface area contributed by atoms with Gasteiger partial charge in [0.1, 0.15) is 0 Å². The third-order valence-corrected chi connectivity index (χ3v) is 0. The molecular formula is H14Fe3O12P2+6. The van der Waals surface area contributed by atoms with Crippen molar-refractivity contribution < 1.29 is 112 Å². The van der Waals surface area contributed by atoms with Crippen molar-refractivity contribution in [3.05, 3.63) is 0 Å². The van der Waals surface area contributed by atoms with Crippen LogP contribution < -0.4 is 0 Å². The van der Waals surface area contributed by atoms with Crippen molar-refractivity contribution in [2.45, 2.75) is 0 Å². The van der Waals surface area contributed by atoms with Gasteiger partial charge in [-0.05, 0) is 0 Å². The van der Waals surface area contributed by atoms with Gasteiger partial charge in [-0.15, -0.1) is 0 Å². The van der Waals surface area contributed by atoms with Crippen LogP contribution in [-0.2, 0) is 60.3 Å². The van der Waals surface area contributed by atoms with E-state index in [1.54, 1.807) is 0 Å². The Labute approximate surface area is 127 Å². The average molecular weight is 436 g/mol. The van der Waals surface area contributed by atoms with Crippen LogP contribution in [0.2, 0.25) is 0 Å². The van der Waals surface area contributed by atoms with Crippen LogP contribution in [0.3, 0.4) is 0 Å².